The molecule has 0 unspecified atom stereocenters. The van der Waals surface area contributed by atoms with Crippen molar-refractivity contribution in [2.24, 2.45) is 5.11 Å². The van der Waals surface area contributed by atoms with Gasteiger partial charge >= 0.3 is 6.09 Å². The number of carbonyl (C=O) groups is 1. The minimum atomic E-state index is -0.565. The van der Waals surface area contributed by atoms with Crippen molar-refractivity contribution in [2.45, 2.75) is 32.9 Å². The fraction of sp³-hybridized carbons (Fsp3) is 0.462. The van der Waals surface area contributed by atoms with Crippen molar-refractivity contribution < 1.29 is 14.3 Å². The number of anilines is 1. The maximum absolute atomic E-state index is 11.7. The summed E-state index contributed by atoms with van der Waals surface area (Å²) in [5.74, 6) is 0.590. The Kier molecular flexibility index (Phi) is 5.23. The van der Waals surface area contributed by atoms with E-state index in [9.17, 15) is 4.79 Å². The Balaban J connectivity index is 2.86. The molecule has 0 bridgehead atoms. The van der Waals surface area contributed by atoms with Gasteiger partial charge in [0.25, 0.3) is 0 Å². The first-order valence-electron chi connectivity index (χ1n) is 6.03. The molecule has 7 nitrogen and oxygen atoms in total. The van der Waals surface area contributed by atoms with Gasteiger partial charge in [0.1, 0.15) is 11.4 Å². The van der Waals surface area contributed by atoms with Gasteiger partial charge in [0.05, 0.1) is 13.7 Å². The van der Waals surface area contributed by atoms with Crippen LogP contribution in [0.25, 0.3) is 10.4 Å². The second kappa shape index (κ2) is 6.68. The lowest BCUT2D eigenvalue weighted by atomic mass is 10.1. The Hall–Kier alpha value is -2.40. The van der Waals surface area contributed by atoms with Crippen molar-refractivity contribution in [2.75, 3.05) is 12.4 Å². The van der Waals surface area contributed by atoms with E-state index in [-0.39, 0.29) is 6.54 Å². The van der Waals surface area contributed by atoms with Crippen molar-refractivity contribution in [3.05, 3.63) is 34.2 Å². The van der Waals surface area contributed by atoms with Crippen LogP contribution in [0.5, 0.6) is 5.75 Å². The molecule has 0 aromatic heterocycles. The molecule has 20 heavy (non-hydrogen) atoms. The van der Waals surface area contributed by atoms with Crippen molar-refractivity contribution >= 4 is 11.8 Å². The zero-order valence-electron chi connectivity index (χ0n) is 12.0. The molecule has 1 aromatic carbocycles. The molecule has 108 valence electrons. The highest BCUT2D eigenvalue weighted by molar-refractivity contribution is 5.85. The molecule has 1 rings (SSSR count). The lowest BCUT2D eigenvalue weighted by molar-refractivity contribution is 0.0636. The average molecular weight is 278 g/mol. The van der Waals surface area contributed by atoms with Crippen LogP contribution < -0.4 is 10.1 Å². The van der Waals surface area contributed by atoms with E-state index in [0.717, 1.165) is 0 Å². The van der Waals surface area contributed by atoms with E-state index < -0.39 is 11.7 Å². The number of nitrogens with one attached hydrogen (secondary N) is 1. The number of methoxy groups -OCH3 is 1. The van der Waals surface area contributed by atoms with E-state index in [1.165, 1.54) is 7.11 Å². The SMILES string of the molecule is COc1ccc(NC(=O)OC(C)(C)C)cc1CN=[N+]=[N-]. The lowest BCUT2D eigenvalue weighted by Gasteiger charge is -2.20. The van der Waals surface area contributed by atoms with Gasteiger partial charge in [-0.15, -0.1) is 0 Å². The van der Waals surface area contributed by atoms with Crippen LogP contribution in [0.15, 0.2) is 23.3 Å². The summed E-state index contributed by atoms with van der Waals surface area (Å²) in [5.41, 5.74) is 9.02. The van der Waals surface area contributed by atoms with Gasteiger partial charge in [0.15, 0.2) is 0 Å². The standard InChI is InChI=1S/C13H18N4O3/c1-13(2,3)20-12(18)16-10-5-6-11(19-4)9(7-10)8-15-17-14/h5-7H,8H2,1-4H3,(H,16,18). The third-order valence-electron chi connectivity index (χ3n) is 2.23. The maximum atomic E-state index is 11.7. The third kappa shape index (κ3) is 5.07. The van der Waals surface area contributed by atoms with Gasteiger partial charge < -0.3 is 9.47 Å². The number of rotatable bonds is 4. The van der Waals surface area contributed by atoms with Crippen LogP contribution in [-0.2, 0) is 11.3 Å². The molecular formula is C13H18N4O3. The van der Waals surface area contributed by atoms with Gasteiger partial charge in [-0.3, -0.25) is 5.32 Å². The Bertz CT molecular complexity index is 531. The van der Waals surface area contributed by atoms with E-state index in [2.05, 4.69) is 15.3 Å². The molecule has 0 fully saturated rings. The van der Waals surface area contributed by atoms with Crippen LogP contribution in [0, 0.1) is 0 Å². The molecule has 0 heterocycles. The third-order valence-corrected chi connectivity index (χ3v) is 2.23. The zero-order chi connectivity index (χ0) is 15.2. The molecule has 0 atom stereocenters. The van der Waals surface area contributed by atoms with Crippen LogP contribution in [0.2, 0.25) is 0 Å². The van der Waals surface area contributed by atoms with E-state index >= 15 is 0 Å². The molecule has 1 N–H and O–H groups in total. The summed E-state index contributed by atoms with van der Waals surface area (Å²) < 4.78 is 10.3. The first kappa shape index (κ1) is 15.7. The van der Waals surface area contributed by atoms with Gasteiger partial charge in [-0.2, -0.15) is 0 Å². The summed E-state index contributed by atoms with van der Waals surface area (Å²) >= 11 is 0. The maximum Gasteiger partial charge on any atom is 0.412 e. The van der Waals surface area contributed by atoms with Crippen molar-refractivity contribution in [1.82, 2.24) is 0 Å². The zero-order valence-corrected chi connectivity index (χ0v) is 12.0. The van der Waals surface area contributed by atoms with Gasteiger partial charge in [-0.1, -0.05) is 5.11 Å². The van der Waals surface area contributed by atoms with Crippen LogP contribution in [0.1, 0.15) is 26.3 Å². The minimum Gasteiger partial charge on any atom is -0.496 e. The Labute approximate surface area is 117 Å². The number of amides is 1. The lowest BCUT2D eigenvalue weighted by Crippen LogP contribution is -2.27. The topological polar surface area (TPSA) is 96.3 Å². The highest BCUT2D eigenvalue weighted by Crippen LogP contribution is 2.24. The molecule has 7 heteroatoms. The van der Waals surface area contributed by atoms with Crippen molar-refractivity contribution in [1.29, 1.82) is 0 Å². The molecule has 0 spiro atoms. The molecule has 0 saturated carbocycles. The Morgan fingerprint density at radius 2 is 2.15 bits per heavy atom. The smallest absolute Gasteiger partial charge is 0.412 e. The highest BCUT2D eigenvalue weighted by Gasteiger charge is 2.16. The van der Waals surface area contributed by atoms with E-state index in [4.69, 9.17) is 15.0 Å². The largest absolute Gasteiger partial charge is 0.496 e. The predicted molar refractivity (Wildman–Crippen MR) is 75.7 cm³/mol. The summed E-state index contributed by atoms with van der Waals surface area (Å²) in [7, 11) is 1.52. The van der Waals surface area contributed by atoms with Gasteiger partial charge in [0, 0.05) is 16.2 Å². The molecule has 1 amide bonds. The molecule has 0 radical (unpaired) electrons. The van der Waals surface area contributed by atoms with E-state index in [1.54, 1.807) is 39.0 Å². The predicted octanol–water partition coefficient (Wildman–Crippen LogP) is 3.85. The number of ether oxygens (including phenoxy) is 2. The highest BCUT2D eigenvalue weighted by atomic mass is 16.6. The fourth-order valence-electron chi connectivity index (χ4n) is 1.51. The van der Waals surface area contributed by atoms with Crippen molar-refractivity contribution in [3.63, 3.8) is 0 Å². The number of nitrogens with zero attached hydrogens (tertiary/aromatic N) is 3. The van der Waals surface area contributed by atoms with Gasteiger partial charge in [-0.25, -0.2) is 4.79 Å². The number of carbonyl (C=O) groups excluding carboxylic acids is 1. The Morgan fingerprint density at radius 3 is 2.70 bits per heavy atom. The van der Waals surface area contributed by atoms with Gasteiger partial charge in [-0.05, 0) is 44.5 Å². The first-order valence-corrected chi connectivity index (χ1v) is 6.03. The molecule has 0 aliphatic carbocycles. The molecular weight excluding hydrogens is 260 g/mol. The van der Waals surface area contributed by atoms with Crippen molar-refractivity contribution in [3.8, 4) is 5.75 Å². The number of hydrogen-bond donors (Lipinski definition) is 1. The summed E-state index contributed by atoms with van der Waals surface area (Å²) in [6.45, 7) is 5.50. The van der Waals surface area contributed by atoms with Crippen LogP contribution in [0.4, 0.5) is 10.5 Å². The van der Waals surface area contributed by atoms with Gasteiger partial charge in [0.2, 0.25) is 0 Å². The normalized spacial score (nSPS) is 10.4. The van der Waals surface area contributed by atoms with Crippen LogP contribution in [0.3, 0.4) is 0 Å². The molecule has 1 aromatic rings. The summed E-state index contributed by atoms with van der Waals surface area (Å²) in [4.78, 5) is 14.4. The quantitative estimate of drug-likeness (QED) is 0.514. The number of azide groups is 1. The van der Waals surface area contributed by atoms with Crippen LogP contribution in [-0.4, -0.2) is 18.8 Å². The second-order valence-corrected chi connectivity index (χ2v) is 5.04. The summed E-state index contributed by atoms with van der Waals surface area (Å²) in [6, 6.07) is 5.05. The number of benzene rings is 1. The second-order valence-electron chi connectivity index (χ2n) is 5.04. The Morgan fingerprint density at radius 1 is 1.45 bits per heavy atom. The monoisotopic (exact) mass is 278 g/mol. The number of hydrogen-bond acceptors (Lipinski definition) is 4. The first-order chi connectivity index (χ1) is 9.35. The molecule has 0 saturated heterocycles. The summed E-state index contributed by atoms with van der Waals surface area (Å²) in [6.07, 6.45) is -0.544. The van der Waals surface area contributed by atoms with Crippen LogP contribution >= 0.6 is 0 Å². The fourth-order valence-corrected chi connectivity index (χ4v) is 1.51. The van der Waals surface area contributed by atoms with E-state index in [0.29, 0.717) is 17.0 Å². The molecule has 0 aliphatic rings. The summed E-state index contributed by atoms with van der Waals surface area (Å²) in [5, 5.41) is 6.10. The van der Waals surface area contributed by atoms with E-state index in [1.807, 2.05) is 0 Å². The average Bonchev–Trinajstić information content (AvgIpc) is 2.34. The minimum absolute atomic E-state index is 0.142. The molecule has 0 aliphatic heterocycles.